The van der Waals surface area contributed by atoms with Gasteiger partial charge >= 0.3 is 11.3 Å². The van der Waals surface area contributed by atoms with Crippen LogP contribution in [0.25, 0.3) is 0 Å². The number of hydrogen-bond acceptors (Lipinski definition) is 3. The number of hydrogen-bond donors (Lipinski definition) is 0. The molecule has 0 bridgehead atoms. The standard InChI is InChI=1S/C12H22ClNO3/c1-8(2)7-9(14(6)11(13)16)10(15)17-12(3,4)5/h8-9H,7H2,1-6H3/t9-/m0/s1. The maximum Gasteiger partial charge on any atom is 0.329 e. The summed E-state index contributed by atoms with van der Waals surface area (Å²) in [5, 5.41) is -0.651. The Hall–Kier alpha value is -0.770. The molecule has 0 rings (SSSR count). The molecular weight excluding hydrogens is 242 g/mol. The number of carbonyl (C=O) groups excluding carboxylic acids is 2. The highest BCUT2D eigenvalue weighted by atomic mass is 35.5. The number of rotatable bonds is 4. The molecule has 0 aromatic carbocycles. The van der Waals surface area contributed by atoms with Gasteiger partial charge in [0, 0.05) is 7.05 Å². The first-order chi connectivity index (χ1) is 7.54. The molecule has 0 aromatic heterocycles. The highest BCUT2D eigenvalue weighted by Gasteiger charge is 2.31. The zero-order valence-electron chi connectivity index (χ0n) is 11.4. The summed E-state index contributed by atoms with van der Waals surface area (Å²) in [4.78, 5) is 24.3. The van der Waals surface area contributed by atoms with E-state index in [1.54, 1.807) is 20.8 Å². The second kappa shape index (κ2) is 6.24. The molecule has 0 unspecified atom stereocenters. The average Bonchev–Trinajstić information content (AvgIpc) is 2.09. The molecule has 0 aliphatic rings. The molecule has 0 N–H and O–H groups in total. The molecule has 0 aliphatic heterocycles. The zero-order valence-corrected chi connectivity index (χ0v) is 12.2. The fourth-order valence-corrected chi connectivity index (χ4v) is 1.47. The Kier molecular flexibility index (Phi) is 5.96. The topological polar surface area (TPSA) is 46.6 Å². The van der Waals surface area contributed by atoms with Crippen LogP contribution in [0.3, 0.4) is 0 Å². The zero-order chi connectivity index (χ0) is 13.8. The van der Waals surface area contributed by atoms with Crippen molar-refractivity contribution < 1.29 is 14.3 Å². The van der Waals surface area contributed by atoms with E-state index in [0.29, 0.717) is 6.42 Å². The van der Waals surface area contributed by atoms with Gasteiger partial charge in [-0.15, -0.1) is 0 Å². The van der Waals surface area contributed by atoms with E-state index in [4.69, 9.17) is 16.3 Å². The molecule has 0 fully saturated rings. The maximum atomic E-state index is 12.0. The van der Waals surface area contributed by atoms with Crippen LogP contribution in [0.2, 0.25) is 0 Å². The lowest BCUT2D eigenvalue weighted by molar-refractivity contribution is -0.160. The van der Waals surface area contributed by atoms with Crippen LogP contribution in [0.5, 0.6) is 0 Å². The molecule has 0 aliphatic carbocycles. The summed E-state index contributed by atoms with van der Waals surface area (Å²) < 4.78 is 5.28. The third kappa shape index (κ3) is 6.51. The molecule has 17 heavy (non-hydrogen) atoms. The lowest BCUT2D eigenvalue weighted by atomic mass is 10.0. The van der Waals surface area contributed by atoms with Crippen LogP contribution in [0.4, 0.5) is 4.79 Å². The Morgan fingerprint density at radius 2 is 1.76 bits per heavy atom. The summed E-state index contributed by atoms with van der Waals surface area (Å²) in [5.74, 6) is -0.145. The third-order valence-electron chi connectivity index (χ3n) is 2.12. The molecule has 0 saturated carbocycles. The number of amides is 1. The number of esters is 1. The van der Waals surface area contributed by atoms with E-state index >= 15 is 0 Å². The van der Waals surface area contributed by atoms with Crippen LogP contribution in [0.1, 0.15) is 41.0 Å². The van der Waals surface area contributed by atoms with Gasteiger partial charge in [-0.3, -0.25) is 4.79 Å². The van der Waals surface area contributed by atoms with Gasteiger partial charge in [-0.05, 0) is 44.7 Å². The SMILES string of the molecule is CC(C)C[C@@H](C(=O)OC(C)(C)C)N(C)C(=O)Cl. The van der Waals surface area contributed by atoms with Crippen LogP contribution < -0.4 is 0 Å². The van der Waals surface area contributed by atoms with Gasteiger partial charge in [-0.1, -0.05) is 13.8 Å². The van der Waals surface area contributed by atoms with Gasteiger partial charge in [0.25, 0.3) is 0 Å². The lowest BCUT2D eigenvalue weighted by Crippen LogP contribution is -2.44. The summed E-state index contributed by atoms with van der Waals surface area (Å²) in [6, 6.07) is -0.626. The molecular formula is C12H22ClNO3. The van der Waals surface area contributed by atoms with Gasteiger partial charge in [-0.2, -0.15) is 0 Å². The van der Waals surface area contributed by atoms with E-state index in [1.807, 2.05) is 13.8 Å². The van der Waals surface area contributed by atoms with Crippen molar-refractivity contribution in [1.29, 1.82) is 0 Å². The van der Waals surface area contributed by atoms with Gasteiger partial charge in [0.2, 0.25) is 0 Å². The van der Waals surface area contributed by atoms with Crippen molar-refractivity contribution in [3.8, 4) is 0 Å². The molecule has 0 saturated heterocycles. The van der Waals surface area contributed by atoms with Gasteiger partial charge in [0.05, 0.1) is 0 Å². The van der Waals surface area contributed by atoms with Gasteiger partial charge in [0.15, 0.2) is 0 Å². The summed E-state index contributed by atoms with van der Waals surface area (Å²) in [6.07, 6.45) is 0.532. The molecule has 5 heteroatoms. The first kappa shape index (κ1) is 16.2. The number of halogens is 1. The van der Waals surface area contributed by atoms with Crippen molar-refractivity contribution in [2.45, 2.75) is 52.7 Å². The lowest BCUT2D eigenvalue weighted by Gasteiger charge is -2.29. The number of nitrogens with zero attached hydrogens (tertiary/aromatic N) is 1. The second-order valence-corrected chi connectivity index (χ2v) is 5.87. The monoisotopic (exact) mass is 263 g/mol. The summed E-state index contributed by atoms with van der Waals surface area (Å²) in [5.41, 5.74) is -0.567. The number of likely N-dealkylation sites (N-methyl/N-ethyl adjacent to an activating group) is 1. The molecule has 4 nitrogen and oxygen atoms in total. The highest BCUT2D eigenvalue weighted by molar-refractivity contribution is 6.62. The van der Waals surface area contributed by atoms with Crippen LogP contribution >= 0.6 is 11.6 Å². The first-order valence-corrected chi connectivity index (χ1v) is 6.07. The van der Waals surface area contributed by atoms with Crippen molar-refractivity contribution in [2.75, 3.05) is 7.05 Å². The van der Waals surface area contributed by atoms with Crippen molar-refractivity contribution in [3.05, 3.63) is 0 Å². The maximum absolute atomic E-state index is 12.0. The minimum atomic E-state index is -0.651. The molecule has 1 atom stereocenters. The quantitative estimate of drug-likeness (QED) is 0.445. The highest BCUT2D eigenvalue weighted by Crippen LogP contribution is 2.17. The molecule has 1 amide bonds. The van der Waals surface area contributed by atoms with Gasteiger partial charge in [0.1, 0.15) is 11.6 Å². The minimum absolute atomic E-state index is 0.269. The van der Waals surface area contributed by atoms with Gasteiger partial charge in [-0.25, -0.2) is 4.79 Å². The van der Waals surface area contributed by atoms with E-state index in [9.17, 15) is 9.59 Å². The number of carbonyl (C=O) groups is 2. The molecule has 0 radical (unpaired) electrons. The Bertz CT molecular complexity index is 284. The fourth-order valence-electron chi connectivity index (χ4n) is 1.35. The van der Waals surface area contributed by atoms with E-state index < -0.39 is 23.0 Å². The fraction of sp³-hybridized carbons (Fsp3) is 0.833. The van der Waals surface area contributed by atoms with Crippen LogP contribution in [-0.2, 0) is 9.53 Å². The summed E-state index contributed by atoms with van der Waals surface area (Å²) in [7, 11) is 1.51. The van der Waals surface area contributed by atoms with E-state index in [0.717, 1.165) is 0 Å². The predicted octanol–water partition coefficient (Wildman–Crippen LogP) is 3.03. The Balaban J connectivity index is 4.80. The average molecular weight is 264 g/mol. The van der Waals surface area contributed by atoms with E-state index in [1.165, 1.54) is 11.9 Å². The van der Waals surface area contributed by atoms with Crippen LogP contribution in [-0.4, -0.2) is 34.9 Å². The Labute approximate surface area is 108 Å². The van der Waals surface area contributed by atoms with Crippen molar-refractivity contribution >= 4 is 22.9 Å². The molecule has 100 valence electrons. The Morgan fingerprint density at radius 3 is 2.06 bits per heavy atom. The normalized spacial score (nSPS) is 13.4. The van der Waals surface area contributed by atoms with Crippen LogP contribution in [0, 0.1) is 5.92 Å². The minimum Gasteiger partial charge on any atom is -0.458 e. The predicted molar refractivity (Wildman–Crippen MR) is 68.1 cm³/mol. The number of ether oxygens (including phenoxy) is 1. The second-order valence-electron chi connectivity index (χ2n) is 5.54. The summed E-state index contributed by atoms with van der Waals surface area (Å²) >= 11 is 5.40. The van der Waals surface area contributed by atoms with E-state index in [-0.39, 0.29) is 5.92 Å². The Morgan fingerprint density at radius 1 is 1.29 bits per heavy atom. The van der Waals surface area contributed by atoms with Crippen molar-refractivity contribution in [3.63, 3.8) is 0 Å². The smallest absolute Gasteiger partial charge is 0.329 e. The van der Waals surface area contributed by atoms with Crippen molar-refractivity contribution in [2.24, 2.45) is 5.92 Å². The van der Waals surface area contributed by atoms with Crippen LogP contribution in [0.15, 0.2) is 0 Å². The summed E-state index contributed by atoms with van der Waals surface area (Å²) in [6.45, 7) is 9.33. The largest absolute Gasteiger partial charge is 0.458 e. The van der Waals surface area contributed by atoms with E-state index in [2.05, 4.69) is 0 Å². The molecule has 0 spiro atoms. The van der Waals surface area contributed by atoms with Gasteiger partial charge < -0.3 is 9.64 Å². The van der Waals surface area contributed by atoms with Crippen molar-refractivity contribution in [1.82, 2.24) is 4.90 Å². The third-order valence-corrected chi connectivity index (χ3v) is 2.38. The molecule has 0 heterocycles. The first-order valence-electron chi connectivity index (χ1n) is 5.69. The molecule has 0 aromatic rings.